The Balaban J connectivity index is 2.26. The molecule has 1 N–H and O–H groups in total. The van der Waals surface area contributed by atoms with Gasteiger partial charge in [-0.25, -0.2) is 4.98 Å². The molecule has 5 heteroatoms. The first-order valence-electron chi connectivity index (χ1n) is 6.10. The van der Waals surface area contributed by atoms with Crippen LogP contribution in [0, 0.1) is 5.92 Å². The first-order chi connectivity index (χ1) is 8.69. The molecule has 18 heavy (non-hydrogen) atoms. The van der Waals surface area contributed by atoms with Crippen molar-refractivity contribution in [1.29, 1.82) is 0 Å². The predicted octanol–water partition coefficient (Wildman–Crippen LogP) is 0.933. The Morgan fingerprint density at radius 1 is 1.67 bits per heavy atom. The Kier molecular flexibility index (Phi) is 3.81. The molecule has 0 saturated carbocycles. The number of carbonyl (C=O) groups is 1. The monoisotopic (exact) mass is 250 g/mol. The van der Waals surface area contributed by atoms with Crippen LogP contribution in [-0.2, 0) is 0 Å². The summed E-state index contributed by atoms with van der Waals surface area (Å²) in [6.07, 6.45) is 2.51. The van der Waals surface area contributed by atoms with Crippen molar-refractivity contribution in [2.24, 2.45) is 5.92 Å². The number of amides is 1. The van der Waals surface area contributed by atoms with Gasteiger partial charge in [0.05, 0.1) is 19.8 Å². The molecular weight excluding hydrogens is 232 g/mol. The van der Waals surface area contributed by atoms with Crippen LogP contribution < -0.4 is 4.74 Å². The third-order valence-electron chi connectivity index (χ3n) is 3.53. The predicted molar refractivity (Wildman–Crippen MR) is 66.5 cm³/mol. The fourth-order valence-electron chi connectivity index (χ4n) is 2.41. The van der Waals surface area contributed by atoms with E-state index in [1.54, 1.807) is 23.2 Å². The number of pyridine rings is 1. The molecule has 0 radical (unpaired) electrons. The van der Waals surface area contributed by atoms with Gasteiger partial charge >= 0.3 is 0 Å². The minimum Gasteiger partial charge on any atom is -0.480 e. The maximum Gasteiger partial charge on any atom is 0.259 e. The van der Waals surface area contributed by atoms with Gasteiger partial charge in [-0.15, -0.1) is 0 Å². The molecule has 1 aliphatic heterocycles. The van der Waals surface area contributed by atoms with E-state index < -0.39 is 0 Å². The molecule has 5 nitrogen and oxygen atoms in total. The topological polar surface area (TPSA) is 62.7 Å². The highest BCUT2D eigenvalue weighted by Gasteiger charge is 2.35. The first kappa shape index (κ1) is 12.8. The highest BCUT2D eigenvalue weighted by atomic mass is 16.5. The van der Waals surface area contributed by atoms with Gasteiger partial charge in [-0.2, -0.15) is 0 Å². The highest BCUT2D eigenvalue weighted by Crippen LogP contribution is 2.27. The molecule has 0 spiro atoms. The summed E-state index contributed by atoms with van der Waals surface area (Å²) in [5.74, 6) is 0.531. The van der Waals surface area contributed by atoms with Crippen molar-refractivity contribution in [1.82, 2.24) is 9.88 Å². The number of methoxy groups -OCH3 is 1. The van der Waals surface area contributed by atoms with E-state index in [-0.39, 0.29) is 18.6 Å². The van der Waals surface area contributed by atoms with Crippen LogP contribution in [0.4, 0.5) is 0 Å². The molecule has 0 bridgehead atoms. The van der Waals surface area contributed by atoms with Crippen molar-refractivity contribution in [2.45, 2.75) is 19.4 Å². The lowest BCUT2D eigenvalue weighted by Gasteiger charge is -2.25. The third-order valence-corrected chi connectivity index (χ3v) is 3.53. The Bertz CT molecular complexity index is 436. The molecule has 1 fully saturated rings. The molecule has 0 aromatic carbocycles. The van der Waals surface area contributed by atoms with Gasteiger partial charge in [0.1, 0.15) is 5.56 Å². The van der Waals surface area contributed by atoms with E-state index in [1.807, 2.05) is 0 Å². The first-order valence-corrected chi connectivity index (χ1v) is 6.10. The van der Waals surface area contributed by atoms with Crippen LogP contribution in [0.15, 0.2) is 18.3 Å². The van der Waals surface area contributed by atoms with E-state index in [9.17, 15) is 9.90 Å². The fourth-order valence-corrected chi connectivity index (χ4v) is 2.41. The standard InChI is InChI=1S/C13H18N2O3/c1-9-5-7-15(11(9)8-16)13(17)10-4-3-6-14-12(10)18-2/h3-4,6,9,11,16H,5,7-8H2,1-2H3. The van der Waals surface area contributed by atoms with Crippen LogP contribution in [0.1, 0.15) is 23.7 Å². The molecule has 2 heterocycles. The minimum absolute atomic E-state index is 0.00448. The molecule has 98 valence electrons. The number of rotatable bonds is 3. The zero-order chi connectivity index (χ0) is 13.1. The number of aliphatic hydroxyl groups excluding tert-OH is 1. The minimum atomic E-state index is -0.122. The Labute approximate surface area is 106 Å². The summed E-state index contributed by atoms with van der Waals surface area (Å²) in [5.41, 5.74) is 0.451. The maximum absolute atomic E-state index is 12.4. The van der Waals surface area contributed by atoms with Crippen molar-refractivity contribution in [3.05, 3.63) is 23.9 Å². The van der Waals surface area contributed by atoms with Gasteiger partial charge in [0.2, 0.25) is 5.88 Å². The summed E-state index contributed by atoms with van der Waals surface area (Å²) in [5, 5.41) is 9.39. The molecule has 0 aliphatic carbocycles. The lowest BCUT2D eigenvalue weighted by Crippen LogP contribution is -2.40. The summed E-state index contributed by atoms with van der Waals surface area (Å²) in [4.78, 5) is 18.2. The number of carbonyl (C=O) groups excluding carboxylic acids is 1. The van der Waals surface area contributed by atoms with E-state index in [1.165, 1.54) is 7.11 Å². The molecule has 1 aromatic rings. The van der Waals surface area contributed by atoms with Crippen molar-refractivity contribution < 1.29 is 14.6 Å². The maximum atomic E-state index is 12.4. The van der Waals surface area contributed by atoms with Gasteiger partial charge in [0, 0.05) is 12.7 Å². The van der Waals surface area contributed by atoms with Crippen LogP contribution in [0.5, 0.6) is 5.88 Å². The molecule has 2 rings (SSSR count). The summed E-state index contributed by atoms with van der Waals surface area (Å²) in [6.45, 7) is 2.72. The van der Waals surface area contributed by atoms with Crippen LogP contribution in [0.25, 0.3) is 0 Å². The van der Waals surface area contributed by atoms with E-state index >= 15 is 0 Å². The summed E-state index contributed by atoms with van der Waals surface area (Å²) in [6, 6.07) is 3.30. The summed E-state index contributed by atoms with van der Waals surface area (Å²) >= 11 is 0. The van der Waals surface area contributed by atoms with Gasteiger partial charge in [0.25, 0.3) is 5.91 Å². The third kappa shape index (κ3) is 2.18. The lowest BCUT2D eigenvalue weighted by molar-refractivity contribution is 0.0644. The van der Waals surface area contributed by atoms with Gasteiger partial charge in [-0.3, -0.25) is 4.79 Å². The number of likely N-dealkylation sites (tertiary alicyclic amines) is 1. The van der Waals surface area contributed by atoms with E-state index in [0.29, 0.717) is 23.9 Å². The largest absolute Gasteiger partial charge is 0.480 e. The fraction of sp³-hybridized carbons (Fsp3) is 0.538. The zero-order valence-electron chi connectivity index (χ0n) is 10.7. The average molecular weight is 250 g/mol. The lowest BCUT2D eigenvalue weighted by atomic mass is 10.0. The number of aromatic nitrogens is 1. The van der Waals surface area contributed by atoms with E-state index in [4.69, 9.17) is 4.74 Å². The summed E-state index contributed by atoms with van der Waals surface area (Å²) in [7, 11) is 1.50. The average Bonchev–Trinajstić information content (AvgIpc) is 2.78. The van der Waals surface area contributed by atoms with Crippen LogP contribution in [0.3, 0.4) is 0 Å². The van der Waals surface area contributed by atoms with Crippen molar-refractivity contribution in [3.63, 3.8) is 0 Å². The Hall–Kier alpha value is -1.62. The second-order valence-electron chi connectivity index (χ2n) is 4.57. The molecule has 2 unspecified atom stereocenters. The smallest absolute Gasteiger partial charge is 0.259 e. The van der Waals surface area contributed by atoms with Crippen LogP contribution >= 0.6 is 0 Å². The van der Waals surface area contributed by atoms with Gasteiger partial charge in [-0.1, -0.05) is 6.92 Å². The second-order valence-corrected chi connectivity index (χ2v) is 4.57. The number of ether oxygens (including phenoxy) is 1. The van der Waals surface area contributed by atoms with E-state index in [0.717, 1.165) is 6.42 Å². The Morgan fingerprint density at radius 2 is 2.44 bits per heavy atom. The summed E-state index contributed by atoms with van der Waals surface area (Å²) < 4.78 is 5.10. The number of hydrogen-bond donors (Lipinski definition) is 1. The quantitative estimate of drug-likeness (QED) is 0.867. The van der Waals surface area contributed by atoms with E-state index in [2.05, 4.69) is 11.9 Å². The zero-order valence-corrected chi connectivity index (χ0v) is 10.7. The number of hydrogen-bond acceptors (Lipinski definition) is 4. The Morgan fingerprint density at radius 3 is 3.11 bits per heavy atom. The molecule has 1 aromatic heterocycles. The SMILES string of the molecule is COc1ncccc1C(=O)N1CCC(C)C1CO. The van der Waals surface area contributed by atoms with Crippen LogP contribution in [0.2, 0.25) is 0 Å². The van der Waals surface area contributed by atoms with Crippen molar-refractivity contribution in [3.8, 4) is 5.88 Å². The van der Waals surface area contributed by atoms with Gasteiger partial charge < -0.3 is 14.7 Å². The molecule has 1 aliphatic rings. The molecule has 1 amide bonds. The van der Waals surface area contributed by atoms with Gasteiger partial charge in [-0.05, 0) is 24.5 Å². The highest BCUT2D eigenvalue weighted by molar-refractivity contribution is 5.96. The molecule has 2 atom stereocenters. The van der Waals surface area contributed by atoms with Crippen LogP contribution in [-0.4, -0.2) is 47.2 Å². The van der Waals surface area contributed by atoms with Crippen molar-refractivity contribution in [2.75, 3.05) is 20.3 Å². The number of aliphatic hydroxyl groups is 1. The molecule has 1 saturated heterocycles. The molecular formula is C13H18N2O3. The van der Waals surface area contributed by atoms with Gasteiger partial charge in [0.15, 0.2) is 0 Å². The normalized spacial score (nSPS) is 23.2. The number of nitrogens with zero attached hydrogens (tertiary/aromatic N) is 2. The van der Waals surface area contributed by atoms with Crippen molar-refractivity contribution >= 4 is 5.91 Å². The second kappa shape index (κ2) is 5.35.